The van der Waals surface area contributed by atoms with Crippen LogP contribution in [0.15, 0.2) is 5.16 Å². The maximum Gasteiger partial charge on any atom is 0.190 e. The van der Waals surface area contributed by atoms with Crippen molar-refractivity contribution in [3.8, 4) is 0 Å². The van der Waals surface area contributed by atoms with Gasteiger partial charge >= 0.3 is 0 Å². The summed E-state index contributed by atoms with van der Waals surface area (Å²) in [5, 5.41) is 12.2. The van der Waals surface area contributed by atoms with E-state index in [0.717, 1.165) is 29.6 Å². The first-order chi connectivity index (χ1) is 9.02. The molecule has 1 aliphatic rings. The number of rotatable bonds is 6. The van der Waals surface area contributed by atoms with Crippen LogP contribution in [0.25, 0.3) is 0 Å². The first kappa shape index (κ1) is 14.8. The lowest BCUT2D eigenvalue weighted by atomic mass is 10.1. The Bertz CT molecular complexity index is 527. The van der Waals surface area contributed by atoms with Gasteiger partial charge in [0, 0.05) is 12.8 Å². The van der Waals surface area contributed by atoms with Crippen molar-refractivity contribution in [3.05, 3.63) is 5.82 Å². The van der Waals surface area contributed by atoms with Crippen LogP contribution in [0.5, 0.6) is 0 Å². The maximum absolute atomic E-state index is 11.4. The number of hydrogen-bond donors (Lipinski definition) is 1. The number of nitrogens with one attached hydrogen (secondary N) is 1. The maximum atomic E-state index is 11.4. The predicted octanol–water partition coefficient (Wildman–Crippen LogP) is 0.451. The van der Waals surface area contributed by atoms with E-state index in [1.807, 2.05) is 18.7 Å². The highest BCUT2D eigenvalue weighted by Crippen LogP contribution is 2.25. The second kappa shape index (κ2) is 6.23. The molecule has 1 atom stereocenters. The summed E-state index contributed by atoms with van der Waals surface area (Å²) < 4.78 is 24.7. The van der Waals surface area contributed by atoms with E-state index in [0.29, 0.717) is 24.0 Å². The molecule has 1 saturated heterocycles. The van der Waals surface area contributed by atoms with Crippen molar-refractivity contribution in [2.24, 2.45) is 13.0 Å². The van der Waals surface area contributed by atoms with E-state index in [9.17, 15) is 8.42 Å². The standard InChI is InChI=1S/C11H20N4O2S2/c1-12-7-10-13-14-11(15(10)2)18-5-3-9-4-6-19(16,17)8-9/h9,12H,3-8H2,1-2H3. The van der Waals surface area contributed by atoms with Gasteiger partial charge < -0.3 is 9.88 Å². The number of sulfone groups is 1. The van der Waals surface area contributed by atoms with Crippen molar-refractivity contribution >= 4 is 21.6 Å². The first-order valence-corrected chi connectivity index (χ1v) is 9.18. The normalized spacial score (nSPS) is 21.9. The molecule has 1 aromatic rings. The molecule has 2 heterocycles. The van der Waals surface area contributed by atoms with Crippen LogP contribution in [-0.2, 0) is 23.4 Å². The van der Waals surface area contributed by atoms with Gasteiger partial charge in [0.2, 0.25) is 0 Å². The number of nitrogens with zero attached hydrogens (tertiary/aromatic N) is 3. The predicted molar refractivity (Wildman–Crippen MR) is 75.9 cm³/mol. The van der Waals surface area contributed by atoms with Crippen LogP contribution in [0.1, 0.15) is 18.7 Å². The van der Waals surface area contributed by atoms with Gasteiger partial charge in [-0.05, 0) is 25.8 Å². The van der Waals surface area contributed by atoms with E-state index in [1.165, 1.54) is 0 Å². The Hall–Kier alpha value is -0.600. The molecule has 2 rings (SSSR count). The molecule has 0 aliphatic carbocycles. The molecule has 0 amide bonds. The van der Waals surface area contributed by atoms with Gasteiger partial charge in [-0.1, -0.05) is 11.8 Å². The highest BCUT2D eigenvalue weighted by atomic mass is 32.2. The van der Waals surface area contributed by atoms with E-state index < -0.39 is 9.84 Å². The van der Waals surface area contributed by atoms with Crippen LogP contribution in [0.3, 0.4) is 0 Å². The zero-order valence-corrected chi connectivity index (χ0v) is 12.9. The summed E-state index contributed by atoms with van der Waals surface area (Å²) in [6.45, 7) is 0.699. The second-order valence-corrected chi connectivity index (χ2v) is 8.19. The van der Waals surface area contributed by atoms with Crippen LogP contribution >= 0.6 is 11.8 Å². The molecule has 8 heteroatoms. The Labute approximate surface area is 118 Å². The van der Waals surface area contributed by atoms with E-state index in [-0.39, 0.29) is 0 Å². The van der Waals surface area contributed by atoms with Gasteiger partial charge in [-0.3, -0.25) is 0 Å². The average Bonchev–Trinajstić information content (AvgIpc) is 2.86. The highest BCUT2D eigenvalue weighted by Gasteiger charge is 2.27. The molecule has 1 N–H and O–H groups in total. The van der Waals surface area contributed by atoms with Gasteiger partial charge in [-0.2, -0.15) is 0 Å². The Kier molecular flexibility index (Phi) is 4.86. The van der Waals surface area contributed by atoms with Gasteiger partial charge in [-0.25, -0.2) is 8.42 Å². The van der Waals surface area contributed by atoms with Crippen molar-refractivity contribution in [1.29, 1.82) is 0 Å². The lowest BCUT2D eigenvalue weighted by molar-refractivity contribution is 0.573. The van der Waals surface area contributed by atoms with E-state index in [2.05, 4.69) is 15.5 Å². The smallest absolute Gasteiger partial charge is 0.190 e. The largest absolute Gasteiger partial charge is 0.313 e. The van der Waals surface area contributed by atoms with Gasteiger partial charge in [0.25, 0.3) is 0 Å². The molecule has 6 nitrogen and oxygen atoms in total. The van der Waals surface area contributed by atoms with Gasteiger partial charge in [-0.15, -0.1) is 10.2 Å². The minimum Gasteiger partial charge on any atom is -0.313 e. The van der Waals surface area contributed by atoms with E-state index in [4.69, 9.17) is 0 Å². The van der Waals surface area contributed by atoms with Gasteiger partial charge in [0.1, 0.15) is 5.82 Å². The van der Waals surface area contributed by atoms with Crippen LogP contribution < -0.4 is 5.32 Å². The van der Waals surface area contributed by atoms with Crippen LogP contribution in [-0.4, -0.2) is 47.5 Å². The minimum absolute atomic E-state index is 0.322. The Morgan fingerprint density at radius 3 is 2.89 bits per heavy atom. The number of aromatic nitrogens is 3. The zero-order chi connectivity index (χ0) is 13.9. The van der Waals surface area contributed by atoms with E-state index in [1.54, 1.807) is 11.8 Å². The summed E-state index contributed by atoms with van der Waals surface area (Å²) in [4.78, 5) is 0. The molecule has 1 aromatic heterocycles. The average molecular weight is 304 g/mol. The van der Waals surface area contributed by atoms with Crippen molar-refractivity contribution < 1.29 is 8.42 Å². The third-order valence-corrected chi connectivity index (χ3v) is 6.23. The van der Waals surface area contributed by atoms with E-state index >= 15 is 0 Å². The molecule has 0 aromatic carbocycles. The van der Waals surface area contributed by atoms with Crippen LogP contribution in [0.2, 0.25) is 0 Å². The van der Waals surface area contributed by atoms with Crippen molar-refractivity contribution in [1.82, 2.24) is 20.1 Å². The lowest BCUT2D eigenvalue weighted by Gasteiger charge is -2.07. The second-order valence-electron chi connectivity index (χ2n) is 4.89. The lowest BCUT2D eigenvalue weighted by Crippen LogP contribution is -2.10. The molecule has 0 bridgehead atoms. The first-order valence-electron chi connectivity index (χ1n) is 6.38. The summed E-state index contributed by atoms with van der Waals surface area (Å²) in [5.41, 5.74) is 0. The quantitative estimate of drug-likeness (QED) is 0.769. The monoisotopic (exact) mass is 304 g/mol. The van der Waals surface area contributed by atoms with Crippen molar-refractivity contribution in [2.75, 3.05) is 24.3 Å². The molecule has 0 spiro atoms. The highest BCUT2D eigenvalue weighted by molar-refractivity contribution is 7.99. The summed E-state index contributed by atoms with van der Waals surface area (Å²) in [6, 6.07) is 0. The van der Waals surface area contributed by atoms with Crippen molar-refractivity contribution in [3.63, 3.8) is 0 Å². The molecule has 1 aliphatic heterocycles. The zero-order valence-electron chi connectivity index (χ0n) is 11.3. The fourth-order valence-corrected chi connectivity index (χ4v) is 5.14. The number of thioether (sulfide) groups is 1. The fraction of sp³-hybridized carbons (Fsp3) is 0.818. The summed E-state index contributed by atoms with van der Waals surface area (Å²) in [6.07, 6.45) is 1.74. The van der Waals surface area contributed by atoms with Crippen molar-refractivity contribution in [2.45, 2.75) is 24.5 Å². The summed E-state index contributed by atoms with van der Waals surface area (Å²) >= 11 is 1.65. The third-order valence-electron chi connectivity index (χ3n) is 3.34. The van der Waals surface area contributed by atoms with Crippen LogP contribution in [0.4, 0.5) is 0 Å². The van der Waals surface area contributed by atoms with Crippen LogP contribution in [0, 0.1) is 5.92 Å². The Morgan fingerprint density at radius 2 is 2.26 bits per heavy atom. The molecular formula is C11H20N4O2S2. The third kappa shape index (κ3) is 3.93. The minimum atomic E-state index is -2.75. The summed E-state index contributed by atoms with van der Waals surface area (Å²) in [5.74, 6) is 2.85. The molecule has 1 unspecified atom stereocenters. The molecule has 0 saturated carbocycles. The summed E-state index contributed by atoms with van der Waals surface area (Å²) in [7, 11) is 1.08. The fourth-order valence-electron chi connectivity index (χ4n) is 2.20. The Morgan fingerprint density at radius 1 is 1.47 bits per heavy atom. The van der Waals surface area contributed by atoms with Gasteiger partial charge in [0.05, 0.1) is 18.1 Å². The molecule has 19 heavy (non-hydrogen) atoms. The topological polar surface area (TPSA) is 76.9 Å². The molecule has 108 valence electrons. The molecule has 0 radical (unpaired) electrons. The molecular weight excluding hydrogens is 284 g/mol. The Balaban J connectivity index is 1.80. The SMILES string of the molecule is CNCc1nnc(SCCC2CCS(=O)(=O)C2)n1C. The number of hydrogen-bond acceptors (Lipinski definition) is 6. The van der Waals surface area contributed by atoms with Gasteiger partial charge in [0.15, 0.2) is 15.0 Å². The molecule has 1 fully saturated rings.